The van der Waals surface area contributed by atoms with Crippen LogP contribution in [0.3, 0.4) is 0 Å². The van der Waals surface area contributed by atoms with Crippen LogP contribution in [0, 0.1) is 18.7 Å². The summed E-state index contributed by atoms with van der Waals surface area (Å²) in [7, 11) is 0. The number of carboxylic acid groups (broad SMARTS) is 1. The summed E-state index contributed by atoms with van der Waals surface area (Å²) < 4.78 is 19.3. The fourth-order valence-electron chi connectivity index (χ4n) is 3.45. The van der Waals surface area contributed by atoms with Gasteiger partial charge in [-0.1, -0.05) is 25.9 Å². The number of anilines is 1. The molecule has 0 amide bonds. The summed E-state index contributed by atoms with van der Waals surface area (Å²) in [6.07, 6.45) is 1.07. The van der Waals surface area contributed by atoms with Crippen LogP contribution in [0.2, 0.25) is 0 Å². The molecule has 1 aromatic heterocycles. The average molecular weight is 470 g/mol. The van der Waals surface area contributed by atoms with Gasteiger partial charge in [0.05, 0.1) is 5.56 Å². The van der Waals surface area contributed by atoms with E-state index in [0.29, 0.717) is 17.4 Å². The van der Waals surface area contributed by atoms with Crippen molar-refractivity contribution >= 4 is 17.4 Å². The molecule has 0 aliphatic carbocycles. The first kappa shape index (κ1) is 26.7. The number of benzene rings is 2. The van der Waals surface area contributed by atoms with Crippen LogP contribution in [-0.2, 0) is 4.79 Å². The zero-order chi connectivity index (χ0) is 25.4. The van der Waals surface area contributed by atoms with Crippen LogP contribution in [0.5, 0.6) is 0 Å². The molecule has 0 unspecified atom stereocenters. The molecule has 0 bridgehead atoms. The third-order valence-corrected chi connectivity index (χ3v) is 4.75. The van der Waals surface area contributed by atoms with Crippen molar-refractivity contribution in [2.24, 2.45) is 5.92 Å². The molecule has 0 radical (unpaired) electrons. The molecule has 3 aromatic rings. The Balaban J connectivity index is 0.000000945. The van der Waals surface area contributed by atoms with E-state index in [1.165, 1.54) is 31.7 Å². The van der Waals surface area contributed by atoms with Crippen LogP contribution in [0.4, 0.5) is 10.1 Å². The Hall–Kier alpha value is -3.55. The van der Waals surface area contributed by atoms with Crippen molar-refractivity contribution in [3.05, 3.63) is 53.3 Å². The van der Waals surface area contributed by atoms with E-state index in [9.17, 15) is 14.0 Å². The van der Waals surface area contributed by atoms with E-state index >= 15 is 0 Å². The van der Waals surface area contributed by atoms with Gasteiger partial charge in [0.25, 0.3) is 5.89 Å². The Kier molecular flexibility index (Phi) is 9.47. The van der Waals surface area contributed by atoms with Crippen molar-refractivity contribution in [2.75, 3.05) is 18.0 Å². The van der Waals surface area contributed by atoms with Crippen LogP contribution in [-0.4, -0.2) is 40.1 Å². The SMILES string of the molecule is CC(C)=O.CCCN(CC(C)C)c1ccc(-c2nc(-c3ccc(C(=O)O)c(F)c3)no2)cc1C. The number of carboxylic acids is 1. The van der Waals surface area contributed by atoms with Crippen LogP contribution >= 0.6 is 0 Å². The Morgan fingerprint density at radius 3 is 2.29 bits per heavy atom. The average Bonchev–Trinajstić information content (AvgIpc) is 3.22. The minimum Gasteiger partial charge on any atom is -0.478 e. The van der Waals surface area contributed by atoms with Crippen molar-refractivity contribution in [3.8, 4) is 22.8 Å². The van der Waals surface area contributed by atoms with Gasteiger partial charge in [0, 0.05) is 29.9 Å². The van der Waals surface area contributed by atoms with Gasteiger partial charge in [0.2, 0.25) is 5.82 Å². The van der Waals surface area contributed by atoms with Crippen LogP contribution in [0.1, 0.15) is 57.0 Å². The lowest BCUT2D eigenvalue weighted by Crippen LogP contribution is -2.29. The standard InChI is InChI=1S/C23H26FN3O3.C3H6O/c1-5-10-27(13-14(2)3)20-9-7-17(11-15(20)4)22-25-21(26-30-22)16-6-8-18(23(28)29)19(24)12-16;1-3(2)4/h6-9,11-12,14H,5,10,13H2,1-4H3,(H,28,29);1-2H3. The van der Waals surface area contributed by atoms with Gasteiger partial charge in [0.15, 0.2) is 0 Å². The van der Waals surface area contributed by atoms with Crippen molar-refractivity contribution in [1.29, 1.82) is 0 Å². The first-order chi connectivity index (χ1) is 16.0. The Bertz CT molecular complexity index is 1140. The highest BCUT2D eigenvalue weighted by Crippen LogP contribution is 2.29. The minimum atomic E-state index is -1.32. The molecule has 0 spiro atoms. The maximum absolute atomic E-state index is 14.0. The summed E-state index contributed by atoms with van der Waals surface area (Å²) in [5.74, 6) is -0.906. The zero-order valence-electron chi connectivity index (χ0n) is 20.6. The Morgan fingerprint density at radius 1 is 1.12 bits per heavy atom. The molecule has 1 N–H and O–H groups in total. The fourth-order valence-corrected chi connectivity index (χ4v) is 3.45. The van der Waals surface area contributed by atoms with E-state index in [0.717, 1.165) is 36.7 Å². The lowest BCUT2D eigenvalue weighted by atomic mass is 10.1. The summed E-state index contributed by atoms with van der Waals surface area (Å²) in [5.41, 5.74) is 3.02. The molecule has 0 atom stereocenters. The lowest BCUT2D eigenvalue weighted by molar-refractivity contribution is -0.115. The number of aryl methyl sites for hydroxylation is 1. The number of aromatic nitrogens is 2. The minimum absolute atomic E-state index is 0.167. The number of hydrogen-bond acceptors (Lipinski definition) is 6. The predicted molar refractivity (Wildman–Crippen MR) is 131 cm³/mol. The number of aromatic carboxylic acids is 1. The monoisotopic (exact) mass is 469 g/mol. The van der Waals surface area contributed by atoms with E-state index in [4.69, 9.17) is 9.63 Å². The summed E-state index contributed by atoms with van der Waals surface area (Å²) >= 11 is 0. The predicted octanol–water partition coefficient (Wildman–Crippen LogP) is 6.02. The topological polar surface area (TPSA) is 96.5 Å². The molecule has 3 rings (SSSR count). The van der Waals surface area contributed by atoms with Gasteiger partial charge >= 0.3 is 5.97 Å². The Morgan fingerprint density at radius 2 is 1.76 bits per heavy atom. The number of halogens is 1. The second-order valence-corrected chi connectivity index (χ2v) is 8.67. The molecule has 7 nitrogen and oxygen atoms in total. The fraction of sp³-hybridized carbons (Fsp3) is 0.385. The maximum Gasteiger partial charge on any atom is 0.338 e. The van der Waals surface area contributed by atoms with Crippen molar-refractivity contribution in [3.63, 3.8) is 0 Å². The molecule has 0 saturated heterocycles. The van der Waals surface area contributed by atoms with Crippen LogP contribution < -0.4 is 4.90 Å². The number of carbonyl (C=O) groups is 2. The number of nitrogens with zero attached hydrogens (tertiary/aromatic N) is 3. The van der Waals surface area contributed by atoms with Crippen LogP contribution in [0.25, 0.3) is 22.8 Å². The van der Waals surface area contributed by atoms with Gasteiger partial charge in [-0.2, -0.15) is 4.98 Å². The second kappa shape index (κ2) is 12.1. The van der Waals surface area contributed by atoms with Crippen molar-refractivity contribution in [1.82, 2.24) is 10.1 Å². The highest BCUT2D eigenvalue weighted by Gasteiger charge is 2.17. The molecule has 0 aliphatic rings. The number of carbonyl (C=O) groups excluding carboxylic acids is 1. The molecule has 1 heterocycles. The summed E-state index contributed by atoms with van der Waals surface area (Å²) in [4.78, 5) is 27.2. The largest absolute Gasteiger partial charge is 0.478 e. The van der Waals surface area contributed by atoms with Crippen LogP contribution in [0.15, 0.2) is 40.9 Å². The van der Waals surface area contributed by atoms with Gasteiger partial charge in [-0.05, 0) is 75.1 Å². The molecule has 2 aromatic carbocycles. The summed E-state index contributed by atoms with van der Waals surface area (Å²) in [6, 6.07) is 9.76. The first-order valence-electron chi connectivity index (χ1n) is 11.2. The molecule has 182 valence electrons. The number of rotatable bonds is 8. The number of Topliss-reactive ketones (excluding diaryl/α,β-unsaturated/α-hetero) is 1. The van der Waals surface area contributed by atoms with E-state index in [-0.39, 0.29) is 11.6 Å². The second-order valence-electron chi connectivity index (χ2n) is 8.67. The third-order valence-electron chi connectivity index (χ3n) is 4.75. The summed E-state index contributed by atoms with van der Waals surface area (Å²) in [5, 5.41) is 12.9. The quantitative estimate of drug-likeness (QED) is 0.431. The van der Waals surface area contributed by atoms with E-state index in [1.807, 2.05) is 12.1 Å². The summed E-state index contributed by atoms with van der Waals surface area (Å²) in [6.45, 7) is 13.7. The molecule has 0 fully saturated rings. The zero-order valence-corrected chi connectivity index (χ0v) is 20.6. The highest BCUT2D eigenvalue weighted by molar-refractivity contribution is 5.88. The molecule has 0 aliphatic heterocycles. The van der Waals surface area contributed by atoms with Gasteiger partial charge < -0.3 is 19.3 Å². The van der Waals surface area contributed by atoms with E-state index in [1.54, 1.807) is 0 Å². The molecule has 0 saturated carbocycles. The number of ketones is 1. The Labute approximate surface area is 199 Å². The molecular weight excluding hydrogens is 437 g/mol. The molecule has 8 heteroatoms. The van der Waals surface area contributed by atoms with E-state index in [2.05, 4.69) is 48.8 Å². The maximum atomic E-state index is 14.0. The van der Waals surface area contributed by atoms with E-state index < -0.39 is 17.3 Å². The normalized spacial score (nSPS) is 10.6. The lowest BCUT2D eigenvalue weighted by Gasteiger charge is -2.28. The van der Waals surface area contributed by atoms with Gasteiger partial charge in [0.1, 0.15) is 11.6 Å². The van der Waals surface area contributed by atoms with Gasteiger partial charge in [-0.15, -0.1) is 0 Å². The first-order valence-corrected chi connectivity index (χ1v) is 11.2. The highest BCUT2D eigenvalue weighted by atomic mass is 19.1. The van der Waals surface area contributed by atoms with Gasteiger partial charge in [-0.3, -0.25) is 0 Å². The van der Waals surface area contributed by atoms with Crippen molar-refractivity contribution < 1.29 is 23.6 Å². The molecular formula is C26H32FN3O4. The van der Waals surface area contributed by atoms with Gasteiger partial charge in [-0.25, -0.2) is 9.18 Å². The van der Waals surface area contributed by atoms with Crippen molar-refractivity contribution in [2.45, 2.75) is 48.0 Å². The number of hydrogen-bond donors (Lipinski definition) is 1. The third kappa shape index (κ3) is 7.23. The smallest absolute Gasteiger partial charge is 0.338 e. The molecule has 34 heavy (non-hydrogen) atoms.